The number of hydrogen-bond acceptors (Lipinski definition) is 3. The number of aryl methyl sites for hydroxylation is 1. The molecule has 0 bridgehead atoms. The van der Waals surface area contributed by atoms with Crippen molar-refractivity contribution in [3.63, 3.8) is 0 Å². The van der Waals surface area contributed by atoms with E-state index in [-0.39, 0.29) is 11.4 Å². The van der Waals surface area contributed by atoms with Crippen molar-refractivity contribution in [1.29, 1.82) is 0 Å². The van der Waals surface area contributed by atoms with E-state index < -0.39 is 15.8 Å². The highest BCUT2D eigenvalue weighted by Crippen LogP contribution is 2.26. The smallest absolute Gasteiger partial charge is 0.267 e. The van der Waals surface area contributed by atoms with Gasteiger partial charge in [0.1, 0.15) is 10.7 Å². The Kier molecular flexibility index (Phi) is 4.29. The van der Waals surface area contributed by atoms with Crippen molar-refractivity contribution in [2.75, 3.05) is 11.4 Å². The molecule has 2 N–H and O–H groups in total. The molecule has 0 atom stereocenters. The Morgan fingerprint density at radius 2 is 1.86 bits per heavy atom. The van der Waals surface area contributed by atoms with Crippen molar-refractivity contribution in [2.24, 2.45) is 5.73 Å². The number of benzene rings is 2. The molecule has 0 aliphatic heterocycles. The summed E-state index contributed by atoms with van der Waals surface area (Å²) in [5.74, 6) is -0.785. The van der Waals surface area contributed by atoms with Gasteiger partial charge in [0.05, 0.1) is 5.69 Å². The third kappa shape index (κ3) is 2.91. The molecule has 0 amide bonds. The fourth-order valence-corrected chi connectivity index (χ4v) is 3.44. The van der Waals surface area contributed by atoms with E-state index in [1.807, 2.05) is 6.07 Å². The molecule has 6 heteroatoms. The molecule has 0 aliphatic carbocycles. The van der Waals surface area contributed by atoms with E-state index in [2.05, 4.69) is 0 Å². The molecule has 0 radical (unpaired) electrons. The summed E-state index contributed by atoms with van der Waals surface area (Å²) in [6.07, 6.45) is 0. The van der Waals surface area contributed by atoms with E-state index in [9.17, 15) is 12.8 Å². The second-order valence-electron chi connectivity index (χ2n) is 4.73. The Hall–Kier alpha value is -1.92. The molecule has 0 aromatic heterocycles. The van der Waals surface area contributed by atoms with Crippen molar-refractivity contribution in [3.8, 4) is 0 Å². The van der Waals surface area contributed by atoms with Crippen molar-refractivity contribution in [3.05, 3.63) is 59.4 Å². The average Bonchev–Trinajstić information content (AvgIpc) is 2.47. The van der Waals surface area contributed by atoms with Gasteiger partial charge in [-0.2, -0.15) is 0 Å². The highest BCUT2D eigenvalue weighted by molar-refractivity contribution is 7.92. The summed E-state index contributed by atoms with van der Waals surface area (Å²) >= 11 is 0. The third-order valence-corrected chi connectivity index (χ3v) is 5.11. The lowest BCUT2D eigenvalue weighted by atomic mass is 10.2. The fourth-order valence-electron chi connectivity index (χ4n) is 2.07. The molecular weight excluding hydrogens is 291 g/mol. The van der Waals surface area contributed by atoms with Gasteiger partial charge in [-0.3, -0.25) is 4.31 Å². The number of halogens is 1. The van der Waals surface area contributed by atoms with E-state index in [0.29, 0.717) is 11.3 Å². The summed E-state index contributed by atoms with van der Waals surface area (Å²) in [5, 5.41) is 0. The van der Waals surface area contributed by atoms with Gasteiger partial charge in [-0.15, -0.1) is 0 Å². The zero-order valence-corrected chi connectivity index (χ0v) is 12.7. The molecular formula is C15H17FN2O2S. The number of anilines is 1. The Balaban J connectivity index is 2.54. The lowest BCUT2D eigenvalue weighted by molar-refractivity contribution is 0.565. The lowest BCUT2D eigenvalue weighted by Crippen LogP contribution is -2.28. The normalized spacial score (nSPS) is 11.4. The molecule has 0 spiro atoms. The summed E-state index contributed by atoms with van der Waals surface area (Å²) in [4.78, 5) is -0.365. The van der Waals surface area contributed by atoms with Gasteiger partial charge >= 0.3 is 0 Å². The minimum Gasteiger partial charge on any atom is -0.326 e. The minimum atomic E-state index is -3.98. The molecule has 0 heterocycles. The van der Waals surface area contributed by atoms with Crippen molar-refractivity contribution in [1.82, 2.24) is 0 Å². The lowest BCUT2D eigenvalue weighted by Gasteiger charge is -2.22. The van der Waals surface area contributed by atoms with Crippen molar-refractivity contribution in [2.45, 2.75) is 18.4 Å². The predicted octanol–water partition coefficient (Wildman–Crippen LogP) is 2.42. The number of nitrogens with zero attached hydrogens (tertiary/aromatic N) is 1. The predicted molar refractivity (Wildman–Crippen MR) is 81.1 cm³/mol. The van der Waals surface area contributed by atoms with Crippen LogP contribution in [0, 0.1) is 12.7 Å². The molecule has 21 heavy (non-hydrogen) atoms. The van der Waals surface area contributed by atoms with Gasteiger partial charge in [-0.1, -0.05) is 24.3 Å². The van der Waals surface area contributed by atoms with E-state index >= 15 is 0 Å². The Labute approximate surface area is 124 Å². The third-order valence-electron chi connectivity index (χ3n) is 3.32. The van der Waals surface area contributed by atoms with Gasteiger partial charge in [-0.25, -0.2) is 12.8 Å². The summed E-state index contributed by atoms with van der Waals surface area (Å²) in [5.41, 5.74) is 7.36. The van der Waals surface area contributed by atoms with Crippen LogP contribution in [0.3, 0.4) is 0 Å². The topological polar surface area (TPSA) is 63.4 Å². The van der Waals surface area contributed by atoms with Gasteiger partial charge in [-0.05, 0) is 36.2 Å². The van der Waals surface area contributed by atoms with Gasteiger partial charge in [0.25, 0.3) is 10.0 Å². The van der Waals surface area contributed by atoms with Crippen LogP contribution in [-0.2, 0) is 16.6 Å². The number of sulfonamides is 1. The molecule has 4 nitrogen and oxygen atoms in total. The molecule has 0 fully saturated rings. The van der Waals surface area contributed by atoms with Gasteiger partial charge in [0.15, 0.2) is 0 Å². The summed E-state index contributed by atoms with van der Waals surface area (Å²) in [7, 11) is -2.57. The first-order valence-electron chi connectivity index (χ1n) is 6.41. The van der Waals surface area contributed by atoms with Crippen molar-refractivity contribution >= 4 is 15.7 Å². The van der Waals surface area contributed by atoms with Crippen LogP contribution < -0.4 is 10.0 Å². The number of para-hydroxylation sites is 1. The average molecular weight is 308 g/mol. The van der Waals surface area contributed by atoms with E-state index in [1.165, 1.54) is 19.2 Å². The molecule has 2 aromatic rings. The first kappa shape index (κ1) is 15.5. The molecule has 112 valence electrons. The fraction of sp³-hybridized carbons (Fsp3) is 0.200. The molecule has 2 rings (SSSR count). The molecule has 2 aromatic carbocycles. The van der Waals surface area contributed by atoms with Crippen LogP contribution in [0.1, 0.15) is 11.1 Å². The van der Waals surface area contributed by atoms with Gasteiger partial charge in [0, 0.05) is 13.6 Å². The van der Waals surface area contributed by atoms with Gasteiger partial charge in [0.2, 0.25) is 0 Å². The highest BCUT2D eigenvalue weighted by atomic mass is 32.2. The largest absolute Gasteiger partial charge is 0.326 e. The first-order chi connectivity index (χ1) is 9.87. The van der Waals surface area contributed by atoms with Crippen LogP contribution in [0.15, 0.2) is 47.4 Å². The molecule has 0 aliphatic rings. The SMILES string of the molecule is Cc1ccccc1N(C)S(=O)(=O)c1cc(CN)ccc1F. The van der Waals surface area contributed by atoms with Crippen LogP contribution in [0.5, 0.6) is 0 Å². The zero-order valence-electron chi connectivity index (χ0n) is 11.9. The summed E-state index contributed by atoms with van der Waals surface area (Å²) in [6, 6.07) is 10.9. The van der Waals surface area contributed by atoms with E-state index in [0.717, 1.165) is 15.9 Å². The second-order valence-corrected chi connectivity index (χ2v) is 6.67. The van der Waals surface area contributed by atoms with Gasteiger partial charge < -0.3 is 5.73 Å². The van der Waals surface area contributed by atoms with Crippen LogP contribution in [-0.4, -0.2) is 15.5 Å². The van der Waals surface area contributed by atoms with E-state index in [4.69, 9.17) is 5.73 Å². The van der Waals surface area contributed by atoms with E-state index in [1.54, 1.807) is 25.1 Å². The van der Waals surface area contributed by atoms with Crippen LogP contribution in [0.25, 0.3) is 0 Å². The number of nitrogens with two attached hydrogens (primary N) is 1. The first-order valence-corrected chi connectivity index (χ1v) is 7.85. The standard InChI is InChI=1S/C15H17FN2O2S/c1-11-5-3-4-6-14(11)18(2)21(19,20)15-9-12(10-17)7-8-13(15)16/h3-9H,10,17H2,1-2H3. The zero-order chi connectivity index (χ0) is 15.6. The quantitative estimate of drug-likeness (QED) is 0.943. The number of hydrogen-bond donors (Lipinski definition) is 1. The Morgan fingerprint density at radius 1 is 1.19 bits per heavy atom. The maximum atomic E-state index is 13.9. The maximum absolute atomic E-state index is 13.9. The van der Waals surface area contributed by atoms with Crippen LogP contribution in [0.4, 0.5) is 10.1 Å². The van der Waals surface area contributed by atoms with Crippen LogP contribution >= 0.6 is 0 Å². The Morgan fingerprint density at radius 3 is 2.48 bits per heavy atom. The maximum Gasteiger partial charge on any atom is 0.267 e. The molecule has 0 unspecified atom stereocenters. The molecule has 0 saturated carbocycles. The van der Waals surface area contributed by atoms with Crippen LogP contribution in [0.2, 0.25) is 0 Å². The monoisotopic (exact) mass is 308 g/mol. The van der Waals surface area contributed by atoms with Crippen molar-refractivity contribution < 1.29 is 12.8 Å². The Bertz CT molecular complexity index is 760. The second kappa shape index (κ2) is 5.83. The number of rotatable bonds is 4. The summed E-state index contributed by atoms with van der Waals surface area (Å²) in [6.45, 7) is 1.95. The summed E-state index contributed by atoms with van der Waals surface area (Å²) < 4.78 is 40.3. The highest BCUT2D eigenvalue weighted by Gasteiger charge is 2.26. The molecule has 0 saturated heterocycles. The minimum absolute atomic E-state index is 0.150.